The van der Waals surface area contributed by atoms with Crippen LogP contribution in [-0.4, -0.2) is 81.2 Å². The molecule has 0 unspecified atom stereocenters. The Morgan fingerprint density at radius 2 is 1.82 bits per heavy atom. The first-order chi connectivity index (χ1) is 16.6. The molecule has 0 atom stereocenters. The van der Waals surface area contributed by atoms with Crippen LogP contribution in [0.2, 0.25) is 0 Å². The molecule has 0 amide bonds. The molecule has 1 N–H and O–H groups in total. The average Bonchev–Trinajstić information content (AvgIpc) is 3.19. The zero-order chi connectivity index (χ0) is 23.5. The number of aliphatic hydroxyl groups is 1. The molecule has 0 aliphatic carbocycles. The van der Waals surface area contributed by atoms with E-state index in [1.807, 2.05) is 48.3 Å². The highest BCUT2D eigenvalue weighted by atomic mass is 16.5. The van der Waals surface area contributed by atoms with Crippen molar-refractivity contribution < 1.29 is 9.84 Å². The fraction of sp³-hybridized carbons (Fsp3) is 0.360. The Morgan fingerprint density at radius 1 is 1.03 bits per heavy atom. The molecule has 0 spiro atoms. The highest BCUT2D eigenvalue weighted by Gasteiger charge is 2.19. The van der Waals surface area contributed by atoms with Crippen molar-refractivity contribution in [1.29, 1.82) is 0 Å². The number of aryl methyl sites for hydroxylation is 1. The van der Waals surface area contributed by atoms with E-state index in [1.54, 1.807) is 13.3 Å². The number of benzene rings is 1. The van der Waals surface area contributed by atoms with Crippen molar-refractivity contribution in [2.75, 3.05) is 51.3 Å². The van der Waals surface area contributed by atoms with Gasteiger partial charge < -0.3 is 14.7 Å². The number of hydrogen-bond donors (Lipinski definition) is 1. The van der Waals surface area contributed by atoms with Gasteiger partial charge in [0.05, 0.1) is 44.0 Å². The van der Waals surface area contributed by atoms with Crippen LogP contribution in [0.15, 0.2) is 48.9 Å². The lowest BCUT2D eigenvalue weighted by Gasteiger charge is -2.34. The standard InChI is InChI=1S/C25H29N7O2/c1-18-22-13-20(14-27-25(22)32(29-18)17-19-3-5-21(34-2)6-4-19)23-15-26-16-24(28-23)31-9-7-30(8-10-31)11-12-33/h3-6,13-16,33H,7-12,17H2,1-2H3. The van der Waals surface area contributed by atoms with Crippen LogP contribution >= 0.6 is 0 Å². The van der Waals surface area contributed by atoms with Gasteiger partial charge in [-0.05, 0) is 30.7 Å². The van der Waals surface area contributed by atoms with Gasteiger partial charge in [-0.25, -0.2) is 14.6 Å². The van der Waals surface area contributed by atoms with Crippen LogP contribution in [0.1, 0.15) is 11.3 Å². The Hall–Kier alpha value is -3.56. The maximum absolute atomic E-state index is 9.16. The van der Waals surface area contributed by atoms with Crippen molar-refractivity contribution in [3.8, 4) is 17.0 Å². The Bertz CT molecular complexity index is 1260. The number of rotatable bonds is 7. The summed E-state index contributed by atoms with van der Waals surface area (Å²) in [6, 6.07) is 10.1. The van der Waals surface area contributed by atoms with Gasteiger partial charge in [0.15, 0.2) is 5.65 Å². The number of ether oxygens (including phenoxy) is 1. The van der Waals surface area contributed by atoms with E-state index in [4.69, 9.17) is 24.9 Å². The zero-order valence-corrected chi connectivity index (χ0v) is 19.6. The van der Waals surface area contributed by atoms with E-state index >= 15 is 0 Å². The van der Waals surface area contributed by atoms with Crippen LogP contribution in [0.25, 0.3) is 22.3 Å². The Balaban J connectivity index is 1.37. The predicted octanol–water partition coefficient (Wildman–Crippen LogP) is 2.37. The molecule has 0 bridgehead atoms. The summed E-state index contributed by atoms with van der Waals surface area (Å²) in [5.41, 5.74) is 4.64. The molecule has 0 saturated carbocycles. The molecule has 176 valence electrons. The number of fused-ring (bicyclic) bond motifs is 1. The number of aliphatic hydroxyl groups excluding tert-OH is 1. The van der Waals surface area contributed by atoms with E-state index in [9.17, 15) is 0 Å². The van der Waals surface area contributed by atoms with Crippen LogP contribution in [0.5, 0.6) is 5.75 Å². The molecular weight excluding hydrogens is 430 g/mol. The third-order valence-corrected chi connectivity index (χ3v) is 6.29. The van der Waals surface area contributed by atoms with Gasteiger partial charge in [0, 0.05) is 49.9 Å². The minimum atomic E-state index is 0.195. The summed E-state index contributed by atoms with van der Waals surface area (Å²) in [6.07, 6.45) is 5.45. The summed E-state index contributed by atoms with van der Waals surface area (Å²) < 4.78 is 7.19. The number of anilines is 1. The highest BCUT2D eigenvalue weighted by Crippen LogP contribution is 2.25. The molecule has 4 heterocycles. The minimum Gasteiger partial charge on any atom is -0.497 e. The lowest BCUT2D eigenvalue weighted by molar-refractivity contribution is 0.188. The van der Waals surface area contributed by atoms with Crippen molar-refractivity contribution in [3.05, 3.63) is 60.2 Å². The molecule has 0 radical (unpaired) electrons. The quantitative estimate of drug-likeness (QED) is 0.450. The predicted molar refractivity (Wildman–Crippen MR) is 131 cm³/mol. The fourth-order valence-corrected chi connectivity index (χ4v) is 4.36. The summed E-state index contributed by atoms with van der Waals surface area (Å²) in [6.45, 7) is 7.11. The summed E-state index contributed by atoms with van der Waals surface area (Å²) in [5, 5.41) is 14.9. The van der Waals surface area contributed by atoms with Gasteiger partial charge in [0.1, 0.15) is 11.6 Å². The first kappa shape index (κ1) is 22.2. The molecule has 1 aliphatic rings. The molecule has 5 rings (SSSR count). The first-order valence-electron chi connectivity index (χ1n) is 11.5. The molecule has 1 aromatic carbocycles. The number of hydrogen-bond acceptors (Lipinski definition) is 8. The number of piperazine rings is 1. The third kappa shape index (κ3) is 4.57. The molecule has 3 aromatic heterocycles. The van der Waals surface area contributed by atoms with E-state index in [0.717, 1.165) is 77.8 Å². The number of methoxy groups -OCH3 is 1. The maximum atomic E-state index is 9.16. The maximum Gasteiger partial charge on any atom is 0.158 e. The molecular formula is C25H29N7O2. The van der Waals surface area contributed by atoms with Crippen LogP contribution in [0.3, 0.4) is 0 Å². The van der Waals surface area contributed by atoms with Crippen molar-refractivity contribution in [2.45, 2.75) is 13.5 Å². The van der Waals surface area contributed by atoms with Gasteiger partial charge in [0.25, 0.3) is 0 Å². The SMILES string of the molecule is COc1ccc(Cn2nc(C)c3cc(-c4cncc(N5CCN(CCO)CC5)n4)cnc32)cc1. The van der Waals surface area contributed by atoms with E-state index < -0.39 is 0 Å². The number of aromatic nitrogens is 5. The van der Waals surface area contributed by atoms with E-state index in [-0.39, 0.29) is 6.61 Å². The van der Waals surface area contributed by atoms with Crippen LogP contribution in [0, 0.1) is 6.92 Å². The minimum absolute atomic E-state index is 0.195. The second-order valence-electron chi connectivity index (χ2n) is 8.50. The normalized spacial score (nSPS) is 14.6. The second-order valence-corrected chi connectivity index (χ2v) is 8.50. The summed E-state index contributed by atoms with van der Waals surface area (Å²) in [7, 11) is 1.67. The van der Waals surface area contributed by atoms with Gasteiger partial charge in [-0.1, -0.05) is 12.1 Å². The number of pyridine rings is 1. The Morgan fingerprint density at radius 3 is 2.56 bits per heavy atom. The summed E-state index contributed by atoms with van der Waals surface area (Å²) >= 11 is 0. The molecule has 1 aliphatic heterocycles. The van der Waals surface area contributed by atoms with Crippen molar-refractivity contribution >= 4 is 16.9 Å². The molecule has 1 saturated heterocycles. The smallest absolute Gasteiger partial charge is 0.158 e. The van der Waals surface area contributed by atoms with Crippen molar-refractivity contribution in [3.63, 3.8) is 0 Å². The lowest BCUT2D eigenvalue weighted by atomic mass is 10.1. The molecule has 4 aromatic rings. The topological polar surface area (TPSA) is 92.4 Å². The Kier molecular flexibility index (Phi) is 6.37. The lowest BCUT2D eigenvalue weighted by Crippen LogP contribution is -2.47. The summed E-state index contributed by atoms with van der Waals surface area (Å²) in [5.74, 6) is 1.71. The largest absolute Gasteiger partial charge is 0.497 e. The van der Waals surface area contributed by atoms with Crippen LogP contribution in [0.4, 0.5) is 5.82 Å². The van der Waals surface area contributed by atoms with Crippen LogP contribution in [-0.2, 0) is 6.54 Å². The van der Waals surface area contributed by atoms with Gasteiger partial charge in [0.2, 0.25) is 0 Å². The summed E-state index contributed by atoms with van der Waals surface area (Å²) in [4.78, 5) is 18.6. The third-order valence-electron chi connectivity index (χ3n) is 6.29. The second kappa shape index (κ2) is 9.74. The van der Waals surface area contributed by atoms with E-state index in [2.05, 4.69) is 20.9 Å². The monoisotopic (exact) mass is 459 g/mol. The van der Waals surface area contributed by atoms with Crippen molar-refractivity contribution in [1.82, 2.24) is 29.6 Å². The average molecular weight is 460 g/mol. The van der Waals surface area contributed by atoms with Gasteiger partial charge >= 0.3 is 0 Å². The number of nitrogens with zero attached hydrogens (tertiary/aromatic N) is 7. The molecule has 9 heteroatoms. The Labute approximate surface area is 198 Å². The first-order valence-corrected chi connectivity index (χ1v) is 11.5. The van der Waals surface area contributed by atoms with Gasteiger partial charge in [-0.2, -0.15) is 5.10 Å². The zero-order valence-electron chi connectivity index (χ0n) is 19.6. The number of β-amino-alcohol motifs (C(OH)–C–C–N with tert-alkyl or cyclic N) is 1. The highest BCUT2D eigenvalue weighted by molar-refractivity contribution is 5.83. The van der Waals surface area contributed by atoms with Gasteiger partial charge in [-0.15, -0.1) is 0 Å². The fourth-order valence-electron chi connectivity index (χ4n) is 4.36. The van der Waals surface area contributed by atoms with Crippen molar-refractivity contribution in [2.24, 2.45) is 0 Å². The van der Waals surface area contributed by atoms with Gasteiger partial charge in [-0.3, -0.25) is 9.88 Å². The van der Waals surface area contributed by atoms with Crippen LogP contribution < -0.4 is 9.64 Å². The van der Waals surface area contributed by atoms with E-state index in [0.29, 0.717) is 6.54 Å². The molecule has 34 heavy (non-hydrogen) atoms. The molecule has 1 fully saturated rings. The van der Waals surface area contributed by atoms with E-state index in [1.165, 1.54) is 0 Å². The molecule has 9 nitrogen and oxygen atoms in total.